The van der Waals surface area contributed by atoms with E-state index in [2.05, 4.69) is 12.5 Å². The van der Waals surface area contributed by atoms with Gasteiger partial charge in [0.2, 0.25) is 0 Å². The van der Waals surface area contributed by atoms with Crippen LogP contribution in [0.1, 0.15) is 10.6 Å². The summed E-state index contributed by atoms with van der Waals surface area (Å²) in [4.78, 5) is 13.6. The van der Waals surface area contributed by atoms with Crippen molar-refractivity contribution >= 4 is 5.91 Å². The number of carbonyl (C=O) groups excluding carboxylic acids is 1. The van der Waals surface area contributed by atoms with Gasteiger partial charge in [-0.2, -0.15) is 0 Å². The normalized spacial score (nSPS) is 16.6. The number of benzene rings is 1. The van der Waals surface area contributed by atoms with Crippen molar-refractivity contribution in [2.45, 2.75) is 0 Å². The molecule has 0 aliphatic carbocycles. The van der Waals surface area contributed by atoms with Crippen molar-refractivity contribution < 1.29 is 18.5 Å². The summed E-state index contributed by atoms with van der Waals surface area (Å²) in [6.45, 7) is 3.58. The van der Waals surface area contributed by atoms with Crippen LogP contribution < -0.4 is 10.3 Å². The first-order valence-electron chi connectivity index (χ1n) is 7.35. The van der Waals surface area contributed by atoms with Gasteiger partial charge in [-0.3, -0.25) is 10.2 Å². The highest BCUT2D eigenvalue weighted by Gasteiger charge is 2.21. The van der Waals surface area contributed by atoms with Crippen molar-refractivity contribution in [2.75, 3.05) is 33.2 Å². The minimum atomic E-state index is -0.370. The Morgan fingerprint density at radius 1 is 1.23 bits per heavy atom. The van der Waals surface area contributed by atoms with Gasteiger partial charge in [0, 0.05) is 0 Å². The average molecular weight is 304 g/mol. The Kier molecular flexibility index (Phi) is 4.22. The quantitative estimate of drug-likeness (QED) is 0.871. The number of halogens is 1. The Labute approximate surface area is 128 Å². The molecule has 2 heterocycles. The second kappa shape index (κ2) is 6.29. The number of hydrogen-bond acceptors (Lipinski definition) is 3. The summed E-state index contributed by atoms with van der Waals surface area (Å²) < 4.78 is 19.2. The van der Waals surface area contributed by atoms with Gasteiger partial charge in [0.1, 0.15) is 11.6 Å². The van der Waals surface area contributed by atoms with Gasteiger partial charge in [-0.1, -0.05) is 12.1 Å². The second-order valence-electron chi connectivity index (χ2n) is 5.53. The molecule has 1 saturated heterocycles. The molecule has 22 heavy (non-hydrogen) atoms. The van der Waals surface area contributed by atoms with E-state index in [9.17, 15) is 9.18 Å². The number of quaternary nitrogens is 1. The zero-order valence-corrected chi connectivity index (χ0v) is 12.4. The van der Waals surface area contributed by atoms with Crippen molar-refractivity contribution in [3.8, 4) is 11.3 Å². The molecule has 2 aromatic rings. The van der Waals surface area contributed by atoms with Crippen LogP contribution in [0.15, 0.2) is 40.8 Å². The summed E-state index contributed by atoms with van der Waals surface area (Å²) in [7, 11) is 2.13. The number of hydrogen-bond donors (Lipinski definition) is 2. The number of nitrogens with one attached hydrogen (secondary N) is 2. The zero-order chi connectivity index (χ0) is 15.5. The topological polar surface area (TPSA) is 49.9 Å². The first-order valence-corrected chi connectivity index (χ1v) is 7.35. The van der Waals surface area contributed by atoms with Gasteiger partial charge in [-0.15, -0.1) is 0 Å². The summed E-state index contributed by atoms with van der Waals surface area (Å²) in [5.74, 6) is -0.136. The van der Waals surface area contributed by atoms with Crippen molar-refractivity contribution in [1.82, 2.24) is 10.4 Å². The van der Waals surface area contributed by atoms with Crippen LogP contribution in [0.5, 0.6) is 0 Å². The smallest absolute Gasteiger partial charge is 0.301 e. The summed E-state index contributed by atoms with van der Waals surface area (Å²) in [5.41, 5.74) is 3.18. The van der Waals surface area contributed by atoms with Gasteiger partial charge in [-0.05, 0) is 24.3 Å². The minimum Gasteiger partial charge on any atom is -0.451 e. The summed E-state index contributed by atoms with van der Waals surface area (Å²) in [6.07, 6.45) is 0. The van der Waals surface area contributed by atoms with E-state index < -0.39 is 0 Å². The molecule has 1 aliphatic heterocycles. The Hall–Kier alpha value is -2.18. The molecule has 6 heteroatoms. The van der Waals surface area contributed by atoms with Crippen LogP contribution in [0.3, 0.4) is 0 Å². The largest absolute Gasteiger partial charge is 0.451 e. The fourth-order valence-corrected chi connectivity index (χ4v) is 2.46. The predicted octanol–water partition coefficient (Wildman–Crippen LogP) is 0.561. The maximum absolute atomic E-state index is 13.7. The van der Waals surface area contributed by atoms with Gasteiger partial charge in [0.25, 0.3) is 0 Å². The molecule has 5 nitrogen and oxygen atoms in total. The number of piperazine rings is 1. The van der Waals surface area contributed by atoms with Crippen molar-refractivity contribution in [1.29, 1.82) is 0 Å². The van der Waals surface area contributed by atoms with Crippen LogP contribution >= 0.6 is 0 Å². The number of amides is 1. The van der Waals surface area contributed by atoms with Crippen LogP contribution in [0.2, 0.25) is 0 Å². The Balaban J connectivity index is 1.68. The lowest BCUT2D eigenvalue weighted by Gasteiger charge is -2.29. The third-order valence-electron chi connectivity index (χ3n) is 3.85. The molecule has 0 bridgehead atoms. The number of nitrogens with zero attached hydrogens (tertiary/aromatic N) is 1. The van der Waals surface area contributed by atoms with Crippen LogP contribution in [-0.2, 0) is 0 Å². The number of carbonyl (C=O) groups is 1. The first-order chi connectivity index (χ1) is 10.6. The van der Waals surface area contributed by atoms with Gasteiger partial charge >= 0.3 is 5.91 Å². The maximum Gasteiger partial charge on any atom is 0.301 e. The Morgan fingerprint density at radius 3 is 2.68 bits per heavy atom. The van der Waals surface area contributed by atoms with Crippen LogP contribution in [0.4, 0.5) is 4.39 Å². The zero-order valence-electron chi connectivity index (χ0n) is 12.4. The SMILES string of the molecule is C[NH+]1CCN(NC(=O)c2ccc(-c3ccccc3F)o2)CC1. The van der Waals surface area contributed by atoms with Crippen molar-refractivity contribution in [3.05, 3.63) is 48.0 Å². The molecule has 116 valence electrons. The van der Waals surface area contributed by atoms with Crippen LogP contribution in [0, 0.1) is 5.82 Å². The minimum absolute atomic E-state index is 0.185. The van der Waals surface area contributed by atoms with Gasteiger partial charge in [0.05, 0.1) is 38.8 Å². The summed E-state index contributed by atoms with van der Waals surface area (Å²) in [5, 5.41) is 1.89. The monoisotopic (exact) mass is 304 g/mol. The first kappa shape index (κ1) is 14.7. The number of rotatable bonds is 3. The van der Waals surface area contributed by atoms with Gasteiger partial charge < -0.3 is 9.32 Å². The van der Waals surface area contributed by atoms with E-state index in [0.29, 0.717) is 11.3 Å². The van der Waals surface area contributed by atoms with E-state index in [0.717, 1.165) is 26.2 Å². The van der Waals surface area contributed by atoms with Gasteiger partial charge in [-0.25, -0.2) is 9.40 Å². The second-order valence-corrected chi connectivity index (χ2v) is 5.53. The fraction of sp³-hybridized carbons (Fsp3) is 0.312. The van der Waals surface area contributed by atoms with E-state index in [1.54, 1.807) is 30.3 Å². The molecular formula is C16H19FN3O2+. The number of furan rings is 1. The molecule has 1 fully saturated rings. The van der Waals surface area contributed by atoms with E-state index in [1.165, 1.54) is 11.0 Å². The van der Waals surface area contributed by atoms with E-state index in [4.69, 9.17) is 4.42 Å². The highest BCUT2D eigenvalue weighted by molar-refractivity contribution is 5.91. The molecule has 0 atom stereocenters. The Morgan fingerprint density at radius 2 is 1.95 bits per heavy atom. The Bertz CT molecular complexity index is 663. The average Bonchev–Trinajstić information content (AvgIpc) is 3.00. The molecule has 3 rings (SSSR count). The maximum atomic E-state index is 13.7. The summed E-state index contributed by atoms with van der Waals surface area (Å²) >= 11 is 0. The highest BCUT2D eigenvalue weighted by atomic mass is 19.1. The molecular weight excluding hydrogens is 285 g/mol. The number of hydrazine groups is 1. The molecule has 1 aliphatic rings. The van der Waals surface area contributed by atoms with Gasteiger partial charge in [0.15, 0.2) is 5.76 Å². The lowest BCUT2D eigenvalue weighted by Crippen LogP contribution is -3.12. The molecule has 1 aromatic carbocycles. The predicted molar refractivity (Wildman–Crippen MR) is 79.8 cm³/mol. The third-order valence-corrected chi connectivity index (χ3v) is 3.85. The summed E-state index contributed by atoms with van der Waals surface area (Å²) in [6, 6.07) is 9.52. The van der Waals surface area contributed by atoms with Crippen molar-refractivity contribution in [3.63, 3.8) is 0 Å². The highest BCUT2D eigenvalue weighted by Crippen LogP contribution is 2.24. The third kappa shape index (κ3) is 3.18. The molecule has 0 radical (unpaired) electrons. The standard InChI is InChI=1S/C16H18FN3O2/c1-19-8-10-20(11-9-19)18-16(21)15-7-6-14(22-15)12-4-2-3-5-13(12)17/h2-7H,8-11H2,1H3,(H,18,21)/p+1. The lowest BCUT2D eigenvalue weighted by atomic mass is 10.1. The molecule has 1 amide bonds. The van der Waals surface area contributed by atoms with Crippen LogP contribution in [-0.4, -0.2) is 44.1 Å². The lowest BCUT2D eigenvalue weighted by molar-refractivity contribution is -0.884. The molecule has 1 aromatic heterocycles. The molecule has 0 unspecified atom stereocenters. The fourth-order valence-electron chi connectivity index (χ4n) is 2.46. The van der Waals surface area contributed by atoms with E-state index >= 15 is 0 Å². The van der Waals surface area contributed by atoms with E-state index in [-0.39, 0.29) is 17.5 Å². The molecule has 0 spiro atoms. The molecule has 2 N–H and O–H groups in total. The van der Waals surface area contributed by atoms with Crippen LogP contribution in [0.25, 0.3) is 11.3 Å². The van der Waals surface area contributed by atoms with Crippen molar-refractivity contribution in [2.24, 2.45) is 0 Å². The number of likely N-dealkylation sites (N-methyl/N-ethyl adjacent to an activating group) is 1. The van der Waals surface area contributed by atoms with E-state index in [1.807, 2.05) is 5.01 Å². The molecule has 0 saturated carbocycles.